The van der Waals surface area contributed by atoms with Gasteiger partial charge in [-0.05, 0) is 18.2 Å². The van der Waals surface area contributed by atoms with E-state index in [1.165, 1.54) is 12.1 Å². The minimum absolute atomic E-state index is 0.0795. The Kier molecular flexibility index (Phi) is 4.53. The molecule has 6 heteroatoms. The standard InChI is InChI=1S/C13H7ClF2N2O.C2H6/c14-6-4-9(12-7(15)2-1-3-8(12)16)18-10-5-17-13(19)11(6)10;1-2/h1-4H,5H2,(H,17,19);1-2H3. The van der Waals surface area contributed by atoms with Crippen LogP contribution in [-0.2, 0) is 6.54 Å². The van der Waals surface area contributed by atoms with Crippen molar-refractivity contribution in [1.82, 2.24) is 10.3 Å². The van der Waals surface area contributed by atoms with Crippen LogP contribution >= 0.6 is 11.6 Å². The van der Waals surface area contributed by atoms with Crippen molar-refractivity contribution in [2.45, 2.75) is 20.4 Å². The highest BCUT2D eigenvalue weighted by molar-refractivity contribution is 6.34. The zero-order valence-corrected chi connectivity index (χ0v) is 12.3. The lowest BCUT2D eigenvalue weighted by Gasteiger charge is -2.07. The van der Waals surface area contributed by atoms with Crippen LogP contribution in [-0.4, -0.2) is 10.9 Å². The molecule has 0 bridgehead atoms. The number of nitrogens with one attached hydrogen (secondary N) is 1. The van der Waals surface area contributed by atoms with Crippen molar-refractivity contribution in [3.63, 3.8) is 0 Å². The molecule has 0 spiro atoms. The van der Waals surface area contributed by atoms with Crippen molar-refractivity contribution in [2.75, 3.05) is 0 Å². The third-order valence-corrected chi connectivity index (χ3v) is 3.21. The van der Waals surface area contributed by atoms with E-state index in [9.17, 15) is 13.6 Å². The molecule has 0 atom stereocenters. The summed E-state index contributed by atoms with van der Waals surface area (Å²) in [5, 5.41) is 2.70. The molecular formula is C15H13ClF2N2O. The number of aromatic nitrogens is 1. The van der Waals surface area contributed by atoms with Crippen molar-refractivity contribution in [2.24, 2.45) is 0 Å². The fourth-order valence-corrected chi connectivity index (χ4v) is 2.35. The summed E-state index contributed by atoms with van der Waals surface area (Å²) in [4.78, 5) is 15.6. The van der Waals surface area contributed by atoms with E-state index < -0.39 is 11.6 Å². The number of pyridine rings is 1. The zero-order chi connectivity index (χ0) is 15.6. The number of carbonyl (C=O) groups excluding carboxylic acids is 1. The van der Waals surface area contributed by atoms with E-state index in [2.05, 4.69) is 10.3 Å². The first kappa shape index (κ1) is 15.4. The summed E-state index contributed by atoms with van der Waals surface area (Å²) in [6.07, 6.45) is 0. The van der Waals surface area contributed by atoms with Crippen LogP contribution in [0.1, 0.15) is 29.9 Å². The van der Waals surface area contributed by atoms with E-state index in [1.54, 1.807) is 0 Å². The smallest absolute Gasteiger partial charge is 0.255 e. The minimum atomic E-state index is -0.721. The van der Waals surface area contributed by atoms with Crippen molar-refractivity contribution in [3.05, 3.63) is 52.2 Å². The van der Waals surface area contributed by atoms with E-state index >= 15 is 0 Å². The molecule has 0 fully saturated rings. The highest BCUT2D eigenvalue weighted by Crippen LogP contribution is 2.31. The number of nitrogens with zero attached hydrogens (tertiary/aromatic N) is 1. The highest BCUT2D eigenvalue weighted by atomic mass is 35.5. The molecule has 3 rings (SSSR count). The molecule has 1 aromatic carbocycles. The zero-order valence-electron chi connectivity index (χ0n) is 11.5. The van der Waals surface area contributed by atoms with Gasteiger partial charge in [0.25, 0.3) is 5.91 Å². The number of benzene rings is 1. The van der Waals surface area contributed by atoms with Crippen LogP contribution in [0.4, 0.5) is 8.78 Å². The first-order valence-corrected chi connectivity index (χ1v) is 6.87. The van der Waals surface area contributed by atoms with Crippen LogP contribution < -0.4 is 5.32 Å². The second kappa shape index (κ2) is 6.18. The maximum atomic E-state index is 13.7. The molecule has 1 aliphatic rings. The summed E-state index contributed by atoms with van der Waals surface area (Å²) in [5.74, 6) is -1.77. The molecule has 21 heavy (non-hydrogen) atoms. The Balaban J connectivity index is 0.000000774. The Hall–Kier alpha value is -2.01. The Morgan fingerprint density at radius 3 is 2.43 bits per heavy atom. The van der Waals surface area contributed by atoms with E-state index in [0.717, 1.165) is 12.1 Å². The van der Waals surface area contributed by atoms with E-state index in [1.807, 2.05) is 13.8 Å². The number of hydrogen-bond acceptors (Lipinski definition) is 2. The Morgan fingerprint density at radius 2 is 1.81 bits per heavy atom. The predicted molar refractivity (Wildman–Crippen MR) is 77.1 cm³/mol. The summed E-state index contributed by atoms with van der Waals surface area (Å²) in [6.45, 7) is 4.21. The average Bonchev–Trinajstić information content (AvgIpc) is 2.83. The number of rotatable bonds is 1. The van der Waals surface area contributed by atoms with Crippen LogP contribution in [0.15, 0.2) is 24.3 Å². The molecule has 0 aliphatic carbocycles. The van der Waals surface area contributed by atoms with Crippen molar-refractivity contribution in [1.29, 1.82) is 0 Å². The predicted octanol–water partition coefficient (Wildman–Crippen LogP) is 3.95. The van der Waals surface area contributed by atoms with Gasteiger partial charge in [-0.25, -0.2) is 13.8 Å². The van der Waals surface area contributed by atoms with Crippen LogP contribution in [0.5, 0.6) is 0 Å². The summed E-state index contributed by atoms with van der Waals surface area (Å²) in [6, 6.07) is 4.86. The molecular weight excluding hydrogens is 298 g/mol. The van der Waals surface area contributed by atoms with Gasteiger partial charge in [0, 0.05) is 0 Å². The maximum absolute atomic E-state index is 13.7. The van der Waals surface area contributed by atoms with Gasteiger partial charge in [0.05, 0.1) is 34.1 Å². The first-order valence-electron chi connectivity index (χ1n) is 6.50. The third-order valence-electron chi connectivity index (χ3n) is 2.91. The Morgan fingerprint density at radius 1 is 1.19 bits per heavy atom. The quantitative estimate of drug-likeness (QED) is 0.866. The molecule has 3 nitrogen and oxygen atoms in total. The van der Waals surface area contributed by atoms with Crippen molar-refractivity contribution in [3.8, 4) is 11.3 Å². The number of carbonyl (C=O) groups is 1. The highest BCUT2D eigenvalue weighted by Gasteiger charge is 2.25. The lowest BCUT2D eigenvalue weighted by molar-refractivity contribution is 0.0966. The molecule has 0 saturated carbocycles. The topological polar surface area (TPSA) is 42.0 Å². The van der Waals surface area contributed by atoms with Gasteiger partial charge < -0.3 is 5.32 Å². The summed E-state index contributed by atoms with van der Waals surface area (Å²) in [5.41, 5.74) is 0.500. The molecule has 0 unspecified atom stereocenters. The molecule has 1 amide bonds. The van der Waals surface area contributed by atoms with Gasteiger partial charge in [0.2, 0.25) is 0 Å². The first-order chi connectivity index (χ1) is 10.1. The lowest BCUT2D eigenvalue weighted by atomic mass is 10.1. The SMILES string of the molecule is CC.O=C1NCc2nc(-c3c(F)cccc3F)cc(Cl)c21. The summed E-state index contributed by atoms with van der Waals surface area (Å²) in [7, 11) is 0. The molecule has 110 valence electrons. The van der Waals surface area contributed by atoms with Crippen molar-refractivity contribution < 1.29 is 13.6 Å². The summed E-state index contributed by atoms with van der Waals surface area (Å²) >= 11 is 5.98. The molecule has 1 aromatic heterocycles. The van der Waals surface area contributed by atoms with Crippen molar-refractivity contribution >= 4 is 17.5 Å². The van der Waals surface area contributed by atoms with Gasteiger partial charge in [-0.1, -0.05) is 31.5 Å². The molecule has 1 N–H and O–H groups in total. The van der Waals surface area contributed by atoms with Crippen LogP contribution in [0.25, 0.3) is 11.3 Å². The van der Waals surface area contributed by atoms with E-state index in [-0.39, 0.29) is 34.3 Å². The fourth-order valence-electron chi connectivity index (χ4n) is 2.05. The number of amides is 1. The number of hydrogen-bond donors (Lipinski definition) is 1. The average molecular weight is 311 g/mol. The third kappa shape index (κ3) is 2.74. The maximum Gasteiger partial charge on any atom is 0.255 e. The Bertz CT molecular complexity index is 684. The minimum Gasteiger partial charge on any atom is -0.346 e. The molecule has 2 aromatic rings. The van der Waals surface area contributed by atoms with Crippen LogP contribution in [0.2, 0.25) is 5.02 Å². The monoisotopic (exact) mass is 310 g/mol. The van der Waals surface area contributed by atoms with E-state index in [0.29, 0.717) is 5.69 Å². The lowest BCUT2D eigenvalue weighted by Crippen LogP contribution is -2.12. The number of fused-ring (bicyclic) bond motifs is 1. The fraction of sp³-hybridized carbons (Fsp3) is 0.200. The van der Waals surface area contributed by atoms with Gasteiger partial charge in [-0.3, -0.25) is 4.79 Å². The second-order valence-corrected chi connectivity index (χ2v) is 4.50. The van der Waals surface area contributed by atoms with Gasteiger partial charge in [0.1, 0.15) is 11.6 Å². The Labute approximate surface area is 126 Å². The number of halogens is 3. The largest absolute Gasteiger partial charge is 0.346 e. The van der Waals surface area contributed by atoms with Gasteiger partial charge in [-0.15, -0.1) is 0 Å². The van der Waals surface area contributed by atoms with E-state index in [4.69, 9.17) is 11.6 Å². The second-order valence-electron chi connectivity index (χ2n) is 4.09. The molecule has 0 radical (unpaired) electrons. The normalized spacial score (nSPS) is 12.3. The van der Waals surface area contributed by atoms with Crippen LogP contribution in [0.3, 0.4) is 0 Å². The molecule has 2 heterocycles. The van der Waals surface area contributed by atoms with Gasteiger partial charge in [-0.2, -0.15) is 0 Å². The van der Waals surface area contributed by atoms with Crippen LogP contribution in [0, 0.1) is 11.6 Å². The molecule has 0 saturated heterocycles. The summed E-state index contributed by atoms with van der Waals surface area (Å²) < 4.78 is 27.4. The van der Waals surface area contributed by atoms with Gasteiger partial charge in [0.15, 0.2) is 0 Å². The molecule has 1 aliphatic heterocycles. The van der Waals surface area contributed by atoms with Gasteiger partial charge >= 0.3 is 0 Å².